The Hall–Kier alpha value is -2.48. The first-order chi connectivity index (χ1) is 10.5. The molecule has 116 valence electrons. The molecule has 1 heterocycles. The number of hydrogen-bond donors (Lipinski definition) is 2. The number of hydrazine groups is 1. The van der Waals surface area contributed by atoms with Gasteiger partial charge in [0.2, 0.25) is 0 Å². The van der Waals surface area contributed by atoms with Crippen molar-refractivity contribution < 1.29 is 23.5 Å². The third-order valence-electron chi connectivity index (χ3n) is 2.73. The van der Waals surface area contributed by atoms with Crippen LogP contribution in [-0.2, 0) is 0 Å². The number of ether oxygens (including phenoxy) is 2. The third-order valence-corrected chi connectivity index (χ3v) is 3.16. The predicted octanol–water partition coefficient (Wildman–Crippen LogP) is 2.13. The minimum Gasteiger partial charge on any atom is -0.493 e. The molecule has 0 aliphatic heterocycles. The normalized spacial score (nSPS) is 9.95. The van der Waals surface area contributed by atoms with Gasteiger partial charge in [-0.2, -0.15) is 0 Å². The van der Waals surface area contributed by atoms with Gasteiger partial charge in [-0.25, -0.2) is 0 Å². The molecular formula is C14H13BrN2O5. The van der Waals surface area contributed by atoms with E-state index in [-0.39, 0.29) is 5.76 Å². The molecule has 0 spiro atoms. The summed E-state index contributed by atoms with van der Waals surface area (Å²) in [4.78, 5) is 23.7. The van der Waals surface area contributed by atoms with E-state index >= 15 is 0 Å². The van der Waals surface area contributed by atoms with E-state index in [9.17, 15) is 9.59 Å². The SMILES string of the molecule is COc1ccc(C(=O)NNC(=O)c2ccc(Br)o2)cc1OC. The summed E-state index contributed by atoms with van der Waals surface area (Å²) in [5, 5.41) is 0. The highest BCUT2D eigenvalue weighted by atomic mass is 79.9. The Morgan fingerprint density at radius 2 is 1.68 bits per heavy atom. The molecule has 0 saturated carbocycles. The van der Waals surface area contributed by atoms with Crippen LogP contribution in [0.3, 0.4) is 0 Å². The monoisotopic (exact) mass is 368 g/mol. The number of halogens is 1. The van der Waals surface area contributed by atoms with Crippen molar-refractivity contribution in [3.63, 3.8) is 0 Å². The maximum atomic E-state index is 12.0. The van der Waals surface area contributed by atoms with Gasteiger partial charge in [0.1, 0.15) is 0 Å². The number of rotatable bonds is 4. The van der Waals surface area contributed by atoms with Gasteiger partial charge in [-0.15, -0.1) is 0 Å². The van der Waals surface area contributed by atoms with E-state index in [2.05, 4.69) is 26.8 Å². The lowest BCUT2D eigenvalue weighted by molar-refractivity contribution is 0.0830. The molecule has 0 aliphatic rings. The molecule has 0 unspecified atom stereocenters. The Bertz CT molecular complexity index is 698. The van der Waals surface area contributed by atoms with Crippen molar-refractivity contribution in [2.24, 2.45) is 0 Å². The first kappa shape index (κ1) is 15.9. The molecule has 8 heteroatoms. The molecule has 2 N–H and O–H groups in total. The van der Waals surface area contributed by atoms with Crippen LogP contribution in [-0.4, -0.2) is 26.0 Å². The summed E-state index contributed by atoms with van der Waals surface area (Å²) in [5.74, 6) is -0.0844. The summed E-state index contributed by atoms with van der Waals surface area (Å²) in [7, 11) is 2.97. The van der Waals surface area contributed by atoms with Gasteiger partial charge in [0.25, 0.3) is 5.91 Å². The summed E-state index contributed by atoms with van der Waals surface area (Å²) >= 11 is 3.09. The fourth-order valence-corrected chi connectivity index (χ4v) is 1.97. The second-order valence-electron chi connectivity index (χ2n) is 4.08. The van der Waals surface area contributed by atoms with Gasteiger partial charge < -0.3 is 13.9 Å². The molecule has 2 rings (SSSR count). The Labute approximate surface area is 134 Å². The largest absolute Gasteiger partial charge is 0.493 e. The average Bonchev–Trinajstić information content (AvgIpc) is 2.98. The van der Waals surface area contributed by atoms with Gasteiger partial charge in [0.05, 0.1) is 14.2 Å². The summed E-state index contributed by atoms with van der Waals surface area (Å²) in [6.45, 7) is 0. The van der Waals surface area contributed by atoms with E-state index < -0.39 is 11.8 Å². The van der Waals surface area contributed by atoms with Crippen LogP contribution in [0.1, 0.15) is 20.9 Å². The Kier molecular flexibility index (Phi) is 5.05. The highest BCUT2D eigenvalue weighted by Gasteiger charge is 2.14. The van der Waals surface area contributed by atoms with E-state index in [1.54, 1.807) is 18.2 Å². The first-order valence-corrected chi connectivity index (χ1v) is 6.92. The third kappa shape index (κ3) is 3.59. The highest BCUT2D eigenvalue weighted by molar-refractivity contribution is 9.10. The molecule has 1 aromatic carbocycles. The van der Waals surface area contributed by atoms with Crippen molar-refractivity contribution in [1.82, 2.24) is 10.9 Å². The molecule has 0 saturated heterocycles. The fraction of sp³-hybridized carbons (Fsp3) is 0.143. The van der Waals surface area contributed by atoms with Crippen LogP contribution in [0.4, 0.5) is 0 Å². The molecule has 0 fully saturated rings. The molecule has 0 aliphatic carbocycles. The van der Waals surface area contributed by atoms with Gasteiger partial charge in [-0.1, -0.05) is 0 Å². The number of methoxy groups -OCH3 is 2. The summed E-state index contributed by atoms with van der Waals surface area (Å²) in [6, 6.07) is 7.70. The standard InChI is InChI=1S/C14H13BrN2O5/c1-20-9-4-3-8(7-11(9)21-2)13(18)16-17-14(19)10-5-6-12(15)22-10/h3-7H,1-2H3,(H,16,18)(H,17,19). The van der Waals surface area contributed by atoms with Gasteiger partial charge in [0, 0.05) is 5.56 Å². The highest BCUT2D eigenvalue weighted by Crippen LogP contribution is 2.27. The van der Waals surface area contributed by atoms with Crippen LogP contribution >= 0.6 is 15.9 Å². The number of carbonyl (C=O) groups excluding carboxylic acids is 2. The molecular weight excluding hydrogens is 356 g/mol. The van der Waals surface area contributed by atoms with Gasteiger partial charge in [0.15, 0.2) is 21.9 Å². The number of carbonyl (C=O) groups is 2. The number of benzene rings is 1. The molecule has 0 radical (unpaired) electrons. The minimum absolute atomic E-state index is 0.0690. The van der Waals surface area contributed by atoms with Crippen molar-refractivity contribution >= 4 is 27.7 Å². The Morgan fingerprint density at radius 3 is 2.27 bits per heavy atom. The van der Waals surface area contributed by atoms with Crippen LogP contribution < -0.4 is 20.3 Å². The average molecular weight is 369 g/mol. The van der Waals surface area contributed by atoms with E-state index in [0.29, 0.717) is 21.7 Å². The van der Waals surface area contributed by atoms with Crippen LogP contribution in [0, 0.1) is 0 Å². The van der Waals surface area contributed by atoms with E-state index in [1.165, 1.54) is 26.4 Å². The molecule has 2 amide bonds. The molecule has 2 aromatic rings. The molecule has 0 bridgehead atoms. The van der Waals surface area contributed by atoms with E-state index in [0.717, 1.165) is 0 Å². The fourth-order valence-electron chi connectivity index (χ4n) is 1.66. The zero-order valence-electron chi connectivity index (χ0n) is 11.8. The first-order valence-electron chi connectivity index (χ1n) is 6.13. The Balaban J connectivity index is 2.02. The van der Waals surface area contributed by atoms with Gasteiger partial charge in [-0.3, -0.25) is 20.4 Å². The quantitative estimate of drug-likeness (QED) is 0.806. The second-order valence-corrected chi connectivity index (χ2v) is 4.86. The smallest absolute Gasteiger partial charge is 0.305 e. The predicted molar refractivity (Wildman–Crippen MR) is 80.9 cm³/mol. The van der Waals surface area contributed by atoms with Crippen molar-refractivity contribution in [2.75, 3.05) is 14.2 Å². The zero-order valence-corrected chi connectivity index (χ0v) is 13.4. The Morgan fingerprint density at radius 1 is 1.00 bits per heavy atom. The van der Waals surface area contributed by atoms with Crippen molar-refractivity contribution in [3.05, 3.63) is 46.3 Å². The lowest BCUT2D eigenvalue weighted by Crippen LogP contribution is -2.41. The van der Waals surface area contributed by atoms with Crippen LogP contribution in [0.15, 0.2) is 39.4 Å². The lowest BCUT2D eigenvalue weighted by Gasteiger charge is -2.10. The van der Waals surface area contributed by atoms with Crippen LogP contribution in [0.25, 0.3) is 0 Å². The molecule has 0 atom stereocenters. The number of hydrogen-bond acceptors (Lipinski definition) is 5. The zero-order chi connectivity index (χ0) is 16.1. The summed E-state index contributed by atoms with van der Waals surface area (Å²) < 4.78 is 15.7. The minimum atomic E-state index is -0.570. The lowest BCUT2D eigenvalue weighted by atomic mass is 10.2. The molecule has 7 nitrogen and oxygen atoms in total. The summed E-state index contributed by atoms with van der Waals surface area (Å²) in [5.41, 5.74) is 4.84. The molecule has 22 heavy (non-hydrogen) atoms. The maximum Gasteiger partial charge on any atom is 0.305 e. The summed E-state index contributed by atoms with van der Waals surface area (Å²) in [6.07, 6.45) is 0. The second kappa shape index (κ2) is 6.99. The van der Waals surface area contributed by atoms with Crippen molar-refractivity contribution in [1.29, 1.82) is 0 Å². The van der Waals surface area contributed by atoms with Gasteiger partial charge in [-0.05, 0) is 46.3 Å². The van der Waals surface area contributed by atoms with Crippen LogP contribution in [0.5, 0.6) is 11.5 Å². The van der Waals surface area contributed by atoms with E-state index in [1.807, 2.05) is 0 Å². The number of nitrogens with one attached hydrogen (secondary N) is 2. The van der Waals surface area contributed by atoms with Crippen molar-refractivity contribution in [3.8, 4) is 11.5 Å². The topological polar surface area (TPSA) is 89.8 Å². The number of furan rings is 1. The molecule has 1 aromatic heterocycles. The van der Waals surface area contributed by atoms with Crippen LogP contribution in [0.2, 0.25) is 0 Å². The van der Waals surface area contributed by atoms with Crippen molar-refractivity contribution in [2.45, 2.75) is 0 Å². The maximum absolute atomic E-state index is 12.0. The number of amides is 2. The van der Waals surface area contributed by atoms with Gasteiger partial charge >= 0.3 is 5.91 Å². The van der Waals surface area contributed by atoms with E-state index in [4.69, 9.17) is 13.9 Å².